The maximum atomic E-state index is 12.8. The summed E-state index contributed by atoms with van der Waals surface area (Å²) in [5.41, 5.74) is 2.48. The second-order valence-corrected chi connectivity index (χ2v) is 7.08. The van der Waals surface area contributed by atoms with Crippen molar-refractivity contribution in [2.45, 2.75) is 18.2 Å². The molecule has 7 heteroatoms. The highest BCUT2D eigenvalue weighted by Crippen LogP contribution is 2.34. The van der Waals surface area contributed by atoms with E-state index in [1.807, 2.05) is 19.1 Å². The number of nitrogens with zero attached hydrogens (tertiary/aromatic N) is 2. The predicted molar refractivity (Wildman–Crippen MR) is 82.5 cm³/mol. The molecular weight excluding hydrogens is 304 g/mol. The number of anilines is 1. The number of benzene rings is 2. The monoisotopic (exact) mass is 318 g/mol. The van der Waals surface area contributed by atoms with Crippen molar-refractivity contribution in [1.82, 2.24) is 0 Å². The highest BCUT2D eigenvalue weighted by Gasteiger charge is 2.31. The van der Waals surface area contributed by atoms with Crippen LogP contribution in [0.1, 0.15) is 11.1 Å². The number of rotatable bonds is 3. The van der Waals surface area contributed by atoms with E-state index in [9.17, 15) is 18.5 Å². The van der Waals surface area contributed by atoms with Crippen molar-refractivity contribution in [3.8, 4) is 0 Å². The lowest BCUT2D eigenvalue weighted by molar-refractivity contribution is -0.385. The number of hydrogen-bond donors (Lipinski definition) is 0. The zero-order valence-electron chi connectivity index (χ0n) is 11.9. The van der Waals surface area contributed by atoms with Crippen LogP contribution in [0.25, 0.3) is 0 Å². The van der Waals surface area contributed by atoms with Gasteiger partial charge in [-0.25, -0.2) is 8.42 Å². The molecule has 0 aliphatic carbocycles. The lowest BCUT2D eigenvalue weighted by Gasteiger charge is -2.19. The lowest BCUT2D eigenvalue weighted by Crippen LogP contribution is -2.29. The summed E-state index contributed by atoms with van der Waals surface area (Å²) < 4.78 is 26.8. The molecule has 0 aromatic heterocycles. The molecule has 0 saturated carbocycles. The Bertz CT molecular complexity index is 862. The zero-order chi connectivity index (χ0) is 15.9. The molecule has 3 rings (SSSR count). The first-order valence-corrected chi connectivity index (χ1v) is 8.20. The minimum Gasteiger partial charge on any atom is -0.266 e. The summed E-state index contributed by atoms with van der Waals surface area (Å²) >= 11 is 0. The molecule has 0 saturated heterocycles. The summed E-state index contributed by atoms with van der Waals surface area (Å²) in [6, 6.07) is 10.8. The second kappa shape index (κ2) is 5.10. The molecule has 0 amide bonds. The van der Waals surface area contributed by atoms with Gasteiger partial charge in [0.25, 0.3) is 15.7 Å². The van der Waals surface area contributed by atoms with Gasteiger partial charge in [-0.3, -0.25) is 14.4 Å². The van der Waals surface area contributed by atoms with Crippen molar-refractivity contribution in [3.05, 3.63) is 63.7 Å². The van der Waals surface area contributed by atoms with E-state index in [2.05, 4.69) is 0 Å². The van der Waals surface area contributed by atoms with E-state index in [1.54, 1.807) is 6.07 Å². The largest absolute Gasteiger partial charge is 0.270 e. The fourth-order valence-corrected chi connectivity index (χ4v) is 4.18. The first-order chi connectivity index (χ1) is 10.4. The smallest absolute Gasteiger partial charge is 0.266 e. The van der Waals surface area contributed by atoms with Crippen molar-refractivity contribution in [2.24, 2.45) is 0 Å². The molecular formula is C15H14N2O4S. The van der Waals surface area contributed by atoms with Crippen LogP contribution in [-0.4, -0.2) is 19.9 Å². The molecule has 0 unspecified atom stereocenters. The third-order valence-electron chi connectivity index (χ3n) is 3.70. The van der Waals surface area contributed by atoms with E-state index in [1.165, 1.54) is 22.5 Å². The van der Waals surface area contributed by atoms with Crippen molar-refractivity contribution in [1.29, 1.82) is 0 Å². The molecule has 0 bridgehead atoms. The molecule has 0 fully saturated rings. The van der Waals surface area contributed by atoms with Gasteiger partial charge in [-0.1, -0.05) is 23.8 Å². The zero-order valence-corrected chi connectivity index (χ0v) is 12.7. The fraction of sp³-hybridized carbons (Fsp3) is 0.200. The molecule has 0 radical (unpaired) electrons. The van der Waals surface area contributed by atoms with Gasteiger partial charge in [-0.05, 0) is 31.0 Å². The van der Waals surface area contributed by atoms with Gasteiger partial charge in [0, 0.05) is 18.7 Å². The van der Waals surface area contributed by atoms with Gasteiger partial charge in [0.05, 0.1) is 15.5 Å². The number of nitro benzene ring substituents is 1. The lowest BCUT2D eigenvalue weighted by atomic mass is 10.1. The Morgan fingerprint density at radius 3 is 2.68 bits per heavy atom. The quantitative estimate of drug-likeness (QED) is 0.643. The van der Waals surface area contributed by atoms with Crippen molar-refractivity contribution >= 4 is 21.4 Å². The molecule has 22 heavy (non-hydrogen) atoms. The van der Waals surface area contributed by atoms with Crippen LogP contribution in [0.4, 0.5) is 11.4 Å². The third-order valence-corrected chi connectivity index (χ3v) is 5.51. The molecule has 2 aromatic rings. The van der Waals surface area contributed by atoms with Gasteiger partial charge < -0.3 is 0 Å². The normalized spacial score (nSPS) is 14.0. The minimum atomic E-state index is -3.79. The molecule has 1 aliphatic heterocycles. The first kappa shape index (κ1) is 14.5. The maximum Gasteiger partial charge on any atom is 0.270 e. The molecule has 0 N–H and O–H groups in total. The fourth-order valence-electron chi connectivity index (χ4n) is 2.63. The van der Waals surface area contributed by atoms with Gasteiger partial charge in [0.15, 0.2) is 0 Å². The summed E-state index contributed by atoms with van der Waals surface area (Å²) in [6.07, 6.45) is 0.644. The van der Waals surface area contributed by atoms with Crippen LogP contribution in [0.2, 0.25) is 0 Å². The second-order valence-electron chi connectivity index (χ2n) is 5.21. The first-order valence-electron chi connectivity index (χ1n) is 6.76. The Hall–Kier alpha value is -2.41. The number of fused-ring (bicyclic) bond motifs is 1. The molecule has 1 heterocycles. The average Bonchev–Trinajstić information content (AvgIpc) is 2.91. The number of hydrogen-bond acceptors (Lipinski definition) is 4. The maximum absolute atomic E-state index is 12.8. The van der Waals surface area contributed by atoms with Crippen LogP contribution in [-0.2, 0) is 16.4 Å². The Balaban J connectivity index is 2.06. The van der Waals surface area contributed by atoms with E-state index < -0.39 is 14.9 Å². The van der Waals surface area contributed by atoms with Crippen LogP contribution < -0.4 is 4.31 Å². The Labute approximate surface area is 128 Å². The minimum absolute atomic E-state index is 0.0601. The van der Waals surface area contributed by atoms with E-state index in [0.717, 1.165) is 17.2 Å². The number of sulfonamides is 1. The van der Waals surface area contributed by atoms with Crippen molar-refractivity contribution in [3.63, 3.8) is 0 Å². The standard InChI is InChI=1S/C15H14N2O4S/c1-11-5-6-15-12(9-11)7-8-16(15)22(20,21)14-4-2-3-13(10-14)17(18)19/h2-6,9-10H,7-8H2,1H3. The van der Waals surface area contributed by atoms with E-state index in [-0.39, 0.29) is 10.6 Å². The number of non-ortho nitro benzene ring substituents is 1. The molecule has 114 valence electrons. The van der Waals surface area contributed by atoms with Gasteiger partial charge in [0.1, 0.15) is 0 Å². The number of aryl methyl sites for hydroxylation is 1. The van der Waals surface area contributed by atoms with E-state index in [0.29, 0.717) is 18.7 Å². The predicted octanol–water partition coefficient (Wildman–Crippen LogP) is 2.65. The summed E-state index contributed by atoms with van der Waals surface area (Å²) in [5.74, 6) is 0. The summed E-state index contributed by atoms with van der Waals surface area (Å²) in [5, 5.41) is 10.8. The topological polar surface area (TPSA) is 80.5 Å². The molecule has 2 aromatic carbocycles. The van der Waals surface area contributed by atoms with Crippen LogP contribution in [0, 0.1) is 17.0 Å². The van der Waals surface area contributed by atoms with Gasteiger partial charge in [-0.2, -0.15) is 0 Å². The summed E-state index contributed by atoms with van der Waals surface area (Å²) in [4.78, 5) is 10.2. The van der Waals surface area contributed by atoms with Crippen molar-refractivity contribution < 1.29 is 13.3 Å². The summed E-state index contributed by atoms with van der Waals surface area (Å²) in [6.45, 7) is 2.31. The highest BCUT2D eigenvalue weighted by molar-refractivity contribution is 7.92. The Kier molecular flexibility index (Phi) is 3.37. The van der Waals surface area contributed by atoms with Crippen molar-refractivity contribution in [2.75, 3.05) is 10.8 Å². The van der Waals surface area contributed by atoms with E-state index in [4.69, 9.17) is 0 Å². The van der Waals surface area contributed by atoms with Crippen LogP contribution in [0.15, 0.2) is 47.4 Å². The average molecular weight is 318 g/mol. The molecule has 0 atom stereocenters. The van der Waals surface area contributed by atoms with Crippen LogP contribution in [0.5, 0.6) is 0 Å². The highest BCUT2D eigenvalue weighted by atomic mass is 32.2. The molecule has 6 nitrogen and oxygen atoms in total. The van der Waals surface area contributed by atoms with Crippen LogP contribution >= 0.6 is 0 Å². The van der Waals surface area contributed by atoms with Gasteiger partial charge in [0.2, 0.25) is 0 Å². The third kappa shape index (κ3) is 2.33. The SMILES string of the molecule is Cc1ccc2c(c1)CCN2S(=O)(=O)c1cccc([N+](=O)[O-])c1. The van der Waals surface area contributed by atoms with Gasteiger partial charge in [-0.15, -0.1) is 0 Å². The molecule has 1 aliphatic rings. The Morgan fingerprint density at radius 2 is 1.95 bits per heavy atom. The molecule has 0 spiro atoms. The number of nitro groups is 1. The summed E-state index contributed by atoms with van der Waals surface area (Å²) in [7, 11) is -3.79. The van der Waals surface area contributed by atoms with Gasteiger partial charge >= 0.3 is 0 Å². The van der Waals surface area contributed by atoms with E-state index >= 15 is 0 Å². The van der Waals surface area contributed by atoms with Crippen LogP contribution in [0.3, 0.4) is 0 Å². The Morgan fingerprint density at radius 1 is 1.18 bits per heavy atom.